The average Bonchev–Trinajstić information content (AvgIpc) is 2.94. The molecule has 1 saturated carbocycles. The van der Waals surface area contributed by atoms with Gasteiger partial charge in [0.15, 0.2) is 9.84 Å². The minimum atomic E-state index is -3.00. The first-order valence-electron chi connectivity index (χ1n) is 5.10. The van der Waals surface area contributed by atoms with Crippen LogP contribution in [0.4, 0.5) is 0 Å². The maximum Gasteiger partial charge on any atom is 0.154 e. The van der Waals surface area contributed by atoms with Crippen LogP contribution in [0.5, 0.6) is 0 Å². The van der Waals surface area contributed by atoms with Crippen LogP contribution in [0, 0.1) is 5.92 Å². The molecule has 0 unspecified atom stereocenters. The summed E-state index contributed by atoms with van der Waals surface area (Å²) in [6.45, 7) is 0. The number of sulfone groups is 1. The average molecular weight is 324 g/mol. The summed E-state index contributed by atoms with van der Waals surface area (Å²) in [7, 11) is -3.00. The van der Waals surface area contributed by atoms with Gasteiger partial charge in [-0.3, -0.25) is 0 Å². The van der Waals surface area contributed by atoms with Gasteiger partial charge in [-0.25, -0.2) is 8.42 Å². The van der Waals surface area contributed by atoms with E-state index in [1.165, 1.54) is 0 Å². The third-order valence-corrected chi connectivity index (χ3v) is 5.31. The molecule has 0 heterocycles. The summed E-state index contributed by atoms with van der Waals surface area (Å²) in [4.78, 5) is 0. The second-order valence-electron chi connectivity index (χ2n) is 4.23. The molecule has 0 N–H and O–H groups in total. The van der Waals surface area contributed by atoms with E-state index in [9.17, 15) is 8.42 Å². The number of hydrogen-bond donors (Lipinski definition) is 0. The molecule has 2 rings (SSSR count). The molecule has 2 nitrogen and oxygen atoms in total. The van der Waals surface area contributed by atoms with E-state index in [-0.39, 0.29) is 5.75 Å². The van der Waals surface area contributed by atoms with Crippen LogP contribution in [0.3, 0.4) is 0 Å². The molecule has 1 aliphatic carbocycles. The van der Waals surface area contributed by atoms with Crippen molar-refractivity contribution >= 4 is 37.4 Å². The molecule has 0 radical (unpaired) electrons. The van der Waals surface area contributed by atoms with E-state index >= 15 is 0 Å². The maximum absolute atomic E-state index is 11.8. The lowest BCUT2D eigenvalue weighted by molar-refractivity contribution is 0.591. The number of hydrogen-bond acceptors (Lipinski definition) is 2. The summed E-state index contributed by atoms with van der Waals surface area (Å²) in [5.74, 6) is 0.777. The van der Waals surface area contributed by atoms with Crippen LogP contribution in [-0.4, -0.2) is 14.2 Å². The molecule has 0 bridgehead atoms. The molecular weight excluding hydrogens is 312 g/mol. The first-order chi connectivity index (χ1) is 7.46. The van der Waals surface area contributed by atoms with Gasteiger partial charge in [0.2, 0.25) is 0 Å². The Morgan fingerprint density at radius 1 is 1.38 bits per heavy atom. The molecule has 0 spiro atoms. The summed E-state index contributed by atoms with van der Waals surface area (Å²) in [5, 5.41) is 0.569. The van der Waals surface area contributed by atoms with Gasteiger partial charge in [-0.05, 0) is 42.5 Å². The zero-order valence-electron chi connectivity index (χ0n) is 8.62. The molecule has 0 aliphatic heterocycles. The lowest BCUT2D eigenvalue weighted by Gasteiger charge is -2.06. The highest BCUT2D eigenvalue weighted by atomic mass is 79.9. The third kappa shape index (κ3) is 3.47. The summed E-state index contributed by atoms with van der Waals surface area (Å²) in [6.07, 6.45) is 2.10. The predicted molar refractivity (Wildman–Crippen MR) is 69.4 cm³/mol. The fourth-order valence-electron chi connectivity index (χ4n) is 1.59. The van der Waals surface area contributed by atoms with Crippen molar-refractivity contribution in [3.63, 3.8) is 0 Å². The molecule has 5 heteroatoms. The molecule has 0 aromatic heterocycles. The topological polar surface area (TPSA) is 34.1 Å². The fourth-order valence-corrected chi connectivity index (χ4v) is 4.24. The molecule has 0 saturated heterocycles. The molecule has 88 valence electrons. The molecule has 1 aromatic rings. The van der Waals surface area contributed by atoms with Crippen molar-refractivity contribution < 1.29 is 8.42 Å². The van der Waals surface area contributed by atoms with Crippen LogP contribution in [0.1, 0.15) is 18.4 Å². The maximum atomic E-state index is 11.8. The molecule has 16 heavy (non-hydrogen) atoms. The zero-order valence-corrected chi connectivity index (χ0v) is 11.8. The molecule has 1 aromatic carbocycles. The second-order valence-corrected chi connectivity index (χ2v) is 7.63. The highest BCUT2D eigenvalue weighted by molar-refractivity contribution is 9.10. The third-order valence-electron chi connectivity index (χ3n) is 2.57. The van der Waals surface area contributed by atoms with Crippen LogP contribution in [0.2, 0.25) is 5.02 Å². The summed E-state index contributed by atoms with van der Waals surface area (Å²) >= 11 is 9.19. The van der Waals surface area contributed by atoms with Gasteiger partial charge in [0.25, 0.3) is 0 Å². The lowest BCUT2D eigenvalue weighted by atomic mass is 10.2. The second kappa shape index (κ2) is 4.67. The van der Waals surface area contributed by atoms with Gasteiger partial charge in [0, 0.05) is 9.50 Å². The Morgan fingerprint density at radius 2 is 2.06 bits per heavy atom. The smallest absolute Gasteiger partial charge is 0.154 e. The Morgan fingerprint density at radius 3 is 2.69 bits per heavy atom. The van der Waals surface area contributed by atoms with Crippen LogP contribution in [0.15, 0.2) is 22.7 Å². The van der Waals surface area contributed by atoms with Crippen molar-refractivity contribution in [2.45, 2.75) is 18.6 Å². The van der Waals surface area contributed by atoms with Crippen molar-refractivity contribution in [3.8, 4) is 0 Å². The molecule has 1 fully saturated rings. The number of benzene rings is 1. The van der Waals surface area contributed by atoms with Crippen LogP contribution in [0.25, 0.3) is 0 Å². The summed E-state index contributed by atoms with van der Waals surface area (Å²) in [6, 6.07) is 5.23. The monoisotopic (exact) mass is 322 g/mol. The first kappa shape index (κ1) is 12.4. The van der Waals surface area contributed by atoms with E-state index in [1.807, 2.05) is 0 Å². The Kier molecular flexibility index (Phi) is 3.62. The van der Waals surface area contributed by atoms with Crippen LogP contribution < -0.4 is 0 Å². The van der Waals surface area contributed by atoms with Crippen LogP contribution >= 0.6 is 27.5 Å². The van der Waals surface area contributed by atoms with Crippen molar-refractivity contribution in [1.82, 2.24) is 0 Å². The number of rotatable bonds is 4. The summed E-state index contributed by atoms with van der Waals surface area (Å²) in [5.41, 5.74) is 0.744. The van der Waals surface area contributed by atoms with E-state index in [0.717, 1.165) is 22.9 Å². The normalized spacial score (nSPS) is 16.4. The Balaban J connectivity index is 2.15. The lowest BCUT2D eigenvalue weighted by Crippen LogP contribution is -2.11. The van der Waals surface area contributed by atoms with Gasteiger partial charge in [-0.1, -0.05) is 27.5 Å². The Labute approximate surface area is 109 Å². The summed E-state index contributed by atoms with van der Waals surface area (Å²) < 4.78 is 24.5. The predicted octanol–water partition coefficient (Wildman–Crippen LogP) is 3.43. The van der Waals surface area contributed by atoms with Gasteiger partial charge >= 0.3 is 0 Å². The minimum Gasteiger partial charge on any atom is -0.228 e. The van der Waals surface area contributed by atoms with Gasteiger partial charge < -0.3 is 0 Å². The quantitative estimate of drug-likeness (QED) is 0.851. The van der Waals surface area contributed by atoms with E-state index in [4.69, 9.17) is 11.6 Å². The van der Waals surface area contributed by atoms with E-state index < -0.39 is 9.84 Å². The van der Waals surface area contributed by atoms with Crippen molar-refractivity contribution in [1.29, 1.82) is 0 Å². The van der Waals surface area contributed by atoms with E-state index in [1.54, 1.807) is 18.2 Å². The highest BCUT2D eigenvalue weighted by Gasteiger charge is 2.28. The molecule has 0 amide bonds. The SMILES string of the molecule is O=S(=O)(Cc1cc(Cl)ccc1Br)CC1CC1. The van der Waals surface area contributed by atoms with Gasteiger partial charge in [0.1, 0.15) is 0 Å². The Bertz CT molecular complexity index is 495. The van der Waals surface area contributed by atoms with Crippen molar-refractivity contribution in [3.05, 3.63) is 33.3 Å². The van der Waals surface area contributed by atoms with Gasteiger partial charge in [-0.15, -0.1) is 0 Å². The highest BCUT2D eigenvalue weighted by Crippen LogP contribution is 2.32. The standard InChI is InChI=1S/C11H12BrClO2S/c12-11-4-3-10(13)5-9(11)7-16(14,15)6-8-1-2-8/h3-5,8H,1-2,6-7H2. The number of halogens is 2. The first-order valence-corrected chi connectivity index (χ1v) is 8.10. The largest absolute Gasteiger partial charge is 0.228 e. The zero-order chi connectivity index (χ0) is 11.8. The van der Waals surface area contributed by atoms with E-state index in [0.29, 0.717) is 16.7 Å². The van der Waals surface area contributed by atoms with Crippen LogP contribution in [-0.2, 0) is 15.6 Å². The molecule has 1 aliphatic rings. The van der Waals surface area contributed by atoms with Gasteiger partial charge in [-0.2, -0.15) is 0 Å². The fraction of sp³-hybridized carbons (Fsp3) is 0.455. The van der Waals surface area contributed by atoms with E-state index in [2.05, 4.69) is 15.9 Å². The minimum absolute atomic E-state index is 0.0741. The van der Waals surface area contributed by atoms with Crippen molar-refractivity contribution in [2.24, 2.45) is 5.92 Å². The van der Waals surface area contributed by atoms with Gasteiger partial charge in [0.05, 0.1) is 11.5 Å². The van der Waals surface area contributed by atoms with Crippen molar-refractivity contribution in [2.75, 3.05) is 5.75 Å². The molecular formula is C11H12BrClO2S. The molecule has 0 atom stereocenters. The Hall–Kier alpha value is -0.0600.